The first-order valence-corrected chi connectivity index (χ1v) is 3.18. The van der Waals surface area contributed by atoms with E-state index in [1.807, 2.05) is 0 Å². The highest BCUT2D eigenvalue weighted by Crippen LogP contribution is 2.18. The molecule has 0 spiro atoms. The number of aryl methyl sites for hydroxylation is 1. The second-order valence-corrected chi connectivity index (χ2v) is 2.45. The summed E-state index contributed by atoms with van der Waals surface area (Å²) in [5.41, 5.74) is 0.927. The molecule has 0 aliphatic carbocycles. The molecule has 0 aliphatic heterocycles. The molecule has 0 fully saturated rings. The highest BCUT2D eigenvalue weighted by Gasteiger charge is 2.08. The van der Waals surface area contributed by atoms with Crippen molar-refractivity contribution in [3.8, 4) is 0 Å². The molecule has 1 N–H and O–H groups in total. The largest absolute Gasteiger partial charge is 0.294 e. The van der Waals surface area contributed by atoms with E-state index in [1.54, 1.807) is 11.7 Å². The molecule has 0 amide bonds. The van der Waals surface area contributed by atoms with Crippen LogP contribution in [0.1, 0.15) is 1.43 Å². The highest BCUT2D eigenvalue weighted by molar-refractivity contribution is 5.77. The maximum Gasteiger partial charge on any atom is 0.153 e. The van der Waals surface area contributed by atoms with Crippen molar-refractivity contribution >= 4 is 11.0 Å². The van der Waals surface area contributed by atoms with Gasteiger partial charge in [-0.3, -0.25) is 9.78 Å². The van der Waals surface area contributed by atoms with Gasteiger partial charge in [0, 0.05) is 20.6 Å². The summed E-state index contributed by atoms with van der Waals surface area (Å²) in [5, 5.41) is 2.67. The first-order chi connectivity index (χ1) is 5.18. The first kappa shape index (κ1) is 6.39. The van der Waals surface area contributed by atoms with E-state index in [2.05, 4.69) is 5.10 Å². The second kappa shape index (κ2) is 1.84. The molecule has 0 atom stereocenters. The predicted molar refractivity (Wildman–Crippen MR) is 39.3 cm³/mol. The van der Waals surface area contributed by atoms with Crippen molar-refractivity contribution in [1.82, 2.24) is 9.78 Å². The zero-order valence-corrected chi connectivity index (χ0v) is 5.86. The molecule has 2 rings (SSSR count). The van der Waals surface area contributed by atoms with Crippen molar-refractivity contribution in [2.75, 3.05) is 0 Å². The summed E-state index contributed by atoms with van der Waals surface area (Å²) in [6.45, 7) is 0. The summed E-state index contributed by atoms with van der Waals surface area (Å²) in [4.78, 5) is 0. The minimum Gasteiger partial charge on any atom is -0.294 e. The molecule has 1 aromatic heterocycles. The Hall–Kier alpha value is -1.32. The molecule has 2 nitrogen and oxygen atoms in total. The summed E-state index contributed by atoms with van der Waals surface area (Å²) in [6.07, 6.45) is 0. The summed E-state index contributed by atoms with van der Waals surface area (Å²) in [7, 11) is 1.70. The van der Waals surface area contributed by atoms with Crippen molar-refractivity contribution in [2.24, 2.45) is 7.05 Å². The lowest BCUT2D eigenvalue weighted by Gasteiger charge is -2.11. The number of benzene rings is 1. The topological polar surface area (TPSA) is 20.7 Å². The van der Waals surface area contributed by atoms with Crippen LogP contribution in [-0.2, 0) is 7.05 Å². The quantitative estimate of drug-likeness (QED) is 0.605. The van der Waals surface area contributed by atoms with Gasteiger partial charge in [0.05, 0.1) is 5.52 Å². The van der Waals surface area contributed by atoms with E-state index in [4.69, 9.17) is 0 Å². The summed E-state index contributed by atoms with van der Waals surface area (Å²) < 4.78 is 26.8. The zero-order valence-electron chi connectivity index (χ0n) is 5.86. The van der Waals surface area contributed by atoms with E-state index in [9.17, 15) is 8.78 Å². The Kier molecular flexibility index (Phi) is 1.07. The van der Waals surface area contributed by atoms with Crippen LogP contribution >= 0.6 is 0 Å². The average molecular weight is 158 g/mol. The summed E-state index contributed by atoms with van der Waals surface area (Å²) >= 11 is 0. The minimum atomic E-state index is -0.547. The number of hydrogen-bond donors (Lipinski definition) is 1. The van der Waals surface area contributed by atoms with Crippen LogP contribution in [0, 0.1) is 11.6 Å². The van der Waals surface area contributed by atoms with Gasteiger partial charge in [0.25, 0.3) is 0 Å². The van der Waals surface area contributed by atoms with Crippen molar-refractivity contribution in [1.29, 1.82) is 0 Å². The maximum absolute atomic E-state index is 12.7. The second-order valence-electron chi connectivity index (χ2n) is 2.45. The number of rotatable bonds is 0. The fourth-order valence-corrected chi connectivity index (χ4v) is 1.11. The van der Waals surface area contributed by atoms with Gasteiger partial charge in [0.2, 0.25) is 0 Å². The first-order valence-electron chi connectivity index (χ1n) is 3.18. The highest BCUT2D eigenvalue weighted by atomic mass is 19.1. The van der Waals surface area contributed by atoms with Crippen LogP contribution in [0.15, 0.2) is 12.1 Å². The Labute approximate surface area is 62.9 Å². The standard InChI is InChI=1S/C7H6F2N2.H2/c1-11-6-3-4(8)2-5(9)7(6)10-11;/h2-3,10H,1H3;1H. The monoisotopic (exact) mass is 158 g/mol. The number of fused-ring (bicyclic) bond motifs is 1. The van der Waals surface area contributed by atoms with E-state index in [-0.39, 0.29) is 1.43 Å². The Morgan fingerprint density at radius 1 is 1.45 bits per heavy atom. The van der Waals surface area contributed by atoms with Crippen LogP contribution in [0.5, 0.6) is 0 Å². The van der Waals surface area contributed by atoms with Crippen molar-refractivity contribution in [3.63, 3.8) is 0 Å². The number of aromatic amines is 1. The molecule has 1 aromatic carbocycles. The number of aromatic nitrogens is 2. The third-order valence-corrected chi connectivity index (χ3v) is 1.68. The average Bonchev–Trinajstić information content (AvgIpc) is 1.93. The molecule has 1 heterocycles. The van der Waals surface area contributed by atoms with Crippen LogP contribution in [0.3, 0.4) is 0 Å². The fraction of sp³-hybridized carbons (Fsp3) is 0.143. The summed E-state index contributed by atoms with van der Waals surface area (Å²) in [6, 6.07) is 2.15. The van der Waals surface area contributed by atoms with Crippen LogP contribution in [0.4, 0.5) is 8.78 Å². The van der Waals surface area contributed by atoms with Crippen molar-refractivity contribution in [2.45, 2.75) is 0 Å². The normalized spacial score (nSPS) is 11.2. The molecule has 4 heteroatoms. The van der Waals surface area contributed by atoms with Crippen LogP contribution in [0.25, 0.3) is 11.0 Å². The Morgan fingerprint density at radius 2 is 2.18 bits per heavy atom. The lowest BCUT2D eigenvalue weighted by molar-refractivity contribution is 0.578. The van der Waals surface area contributed by atoms with Gasteiger partial charge in [-0.05, 0) is 0 Å². The van der Waals surface area contributed by atoms with Gasteiger partial charge in [0.15, 0.2) is 5.82 Å². The van der Waals surface area contributed by atoms with E-state index >= 15 is 0 Å². The van der Waals surface area contributed by atoms with Gasteiger partial charge in [-0.1, -0.05) is 0 Å². The molecule has 2 aromatic rings. The molecule has 0 bridgehead atoms. The minimum absolute atomic E-state index is 0. The smallest absolute Gasteiger partial charge is 0.153 e. The molecule has 0 saturated heterocycles. The number of nitrogens with one attached hydrogen (secondary N) is 1. The SMILES string of the molecule is Cn1[nH]c2c(F)cc(F)cc21.[HH]. The fourth-order valence-electron chi connectivity index (χ4n) is 1.11. The van der Waals surface area contributed by atoms with Gasteiger partial charge in [-0.25, -0.2) is 8.78 Å². The van der Waals surface area contributed by atoms with Crippen molar-refractivity contribution < 1.29 is 10.2 Å². The molecule has 0 saturated carbocycles. The van der Waals surface area contributed by atoms with Gasteiger partial charge in [-0.2, -0.15) is 0 Å². The van der Waals surface area contributed by atoms with Crippen LogP contribution in [-0.4, -0.2) is 9.78 Å². The van der Waals surface area contributed by atoms with Gasteiger partial charge in [-0.15, -0.1) is 0 Å². The lowest BCUT2D eigenvalue weighted by atomic mass is 10.2. The molecule has 60 valence electrons. The summed E-state index contributed by atoms with van der Waals surface area (Å²) in [5.74, 6) is -1.09. The molecule has 0 radical (unpaired) electrons. The van der Waals surface area contributed by atoms with Gasteiger partial charge >= 0.3 is 0 Å². The third-order valence-electron chi connectivity index (χ3n) is 1.68. The Bertz CT molecular complexity index is 405. The molecular weight excluding hydrogens is 150 g/mol. The molecule has 0 unspecified atom stereocenters. The maximum atomic E-state index is 12.7. The van der Waals surface area contributed by atoms with E-state index < -0.39 is 11.6 Å². The third kappa shape index (κ3) is 0.753. The zero-order chi connectivity index (χ0) is 8.01. The molecule has 11 heavy (non-hydrogen) atoms. The Morgan fingerprint density at radius 3 is 2.82 bits per heavy atom. The predicted octanol–water partition coefficient (Wildman–Crippen LogP) is 2.03. The van der Waals surface area contributed by atoms with Gasteiger partial charge < -0.3 is 0 Å². The lowest BCUT2D eigenvalue weighted by Crippen LogP contribution is -2.07. The van der Waals surface area contributed by atoms with Gasteiger partial charge in [0.1, 0.15) is 11.3 Å². The van der Waals surface area contributed by atoms with Crippen LogP contribution in [0.2, 0.25) is 0 Å². The van der Waals surface area contributed by atoms with Crippen LogP contribution < -0.4 is 0 Å². The number of H-pyrrole nitrogens is 1. The molecular formula is C7H8F2N2. The number of nitrogens with zero attached hydrogens (tertiary/aromatic N) is 1. The van der Waals surface area contributed by atoms with Crippen molar-refractivity contribution in [3.05, 3.63) is 23.8 Å². The van der Waals surface area contributed by atoms with E-state index in [0.29, 0.717) is 11.0 Å². The number of halogens is 2. The van der Waals surface area contributed by atoms with E-state index in [0.717, 1.165) is 6.07 Å². The van der Waals surface area contributed by atoms with E-state index in [1.165, 1.54) is 6.07 Å². The number of hydrogen-bond acceptors (Lipinski definition) is 0. The Balaban J connectivity index is 0.000000720. The molecule has 0 aliphatic rings.